The molecule has 36 heavy (non-hydrogen) atoms. The molecule has 0 radical (unpaired) electrons. The second-order valence-corrected chi connectivity index (χ2v) is 9.70. The number of amides is 2. The number of aromatic nitrogens is 2. The number of rotatable bonds is 5. The van der Waals surface area contributed by atoms with E-state index in [4.69, 9.17) is 0 Å². The van der Waals surface area contributed by atoms with Crippen molar-refractivity contribution < 1.29 is 19.8 Å². The summed E-state index contributed by atoms with van der Waals surface area (Å²) in [4.78, 5) is 33.6. The third kappa shape index (κ3) is 4.86. The second kappa shape index (κ2) is 10.5. The first-order chi connectivity index (χ1) is 17.5. The molecule has 8 nitrogen and oxygen atoms in total. The van der Waals surface area contributed by atoms with E-state index in [0.717, 1.165) is 36.8 Å². The molecule has 2 aromatic carbocycles. The van der Waals surface area contributed by atoms with Gasteiger partial charge in [0.15, 0.2) is 5.69 Å². The van der Waals surface area contributed by atoms with Gasteiger partial charge < -0.3 is 24.6 Å². The number of hydrogen-bond donors (Lipinski definition) is 2. The van der Waals surface area contributed by atoms with E-state index in [1.807, 2.05) is 65.2 Å². The van der Waals surface area contributed by atoms with Crippen LogP contribution >= 0.6 is 0 Å². The Morgan fingerprint density at radius 3 is 2.33 bits per heavy atom. The van der Waals surface area contributed by atoms with Crippen LogP contribution in [0.15, 0.2) is 67.0 Å². The maximum atomic E-state index is 14.1. The molecule has 1 aliphatic heterocycles. The van der Waals surface area contributed by atoms with E-state index in [-0.39, 0.29) is 31.1 Å². The summed E-state index contributed by atoms with van der Waals surface area (Å²) in [5, 5.41) is 20.4. The highest BCUT2D eigenvalue weighted by molar-refractivity contribution is 5.98. The maximum Gasteiger partial charge on any atom is 0.407 e. The SMILES string of the molecule is O=C(O)N1CCN(C(=O)c2ncn([C@@H]3CCCC[C@H]3O)c2-c2ccccc2)[C@H](Cc2ccccc2)C1. The molecule has 2 heterocycles. The van der Waals surface area contributed by atoms with E-state index in [0.29, 0.717) is 24.4 Å². The second-order valence-electron chi connectivity index (χ2n) is 9.70. The van der Waals surface area contributed by atoms with E-state index in [2.05, 4.69) is 4.98 Å². The number of piperazine rings is 1. The highest BCUT2D eigenvalue weighted by Gasteiger charge is 2.36. The zero-order valence-electron chi connectivity index (χ0n) is 20.2. The molecule has 188 valence electrons. The number of carboxylic acid groups (broad SMARTS) is 1. The third-order valence-electron chi connectivity index (χ3n) is 7.42. The highest BCUT2D eigenvalue weighted by Crippen LogP contribution is 2.35. The number of benzene rings is 2. The van der Waals surface area contributed by atoms with Gasteiger partial charge in [0.1, 0.15) is 0 Å². The number of aliphatic hydroxyl groups excluding tert-OH is 1. The Bertz CT molecular complexity index is 1200. The van der Waals surface area contributed by atoms with Crippen LogP contribution in [0.4, 0.5) is 4.79 Å². The quantitative estimate of drug-likeness (QED) is 0.564. The first-order valence-electron chi connectivity index (χ1n) is 12.7. The summed E-state index contributed by atoms with van der Waals surface area (Å²) in [5.74, 6) is -0.205. The van der Waals surface area contributed by atoms with Crippen LogP contribution in [0.2, 0.25) is 0 Å². The molecule has 3 atom stereocenters. The molecule has 0 bridgehead atoms. The van der Waals surface area contributed by atoms with Gasteiger partial charge in [-0.2, -0.15) is 0 Å². The average molecular weight is 489 g/mol. The molecule has 2 N–H and O–H groups in total. The standard InChI is InChI=1S/C28H32N4O4/c33-24-14-8-7-13-23(24)32-19-29-25(26(32)21-11-5-2-6-12-21)27(34)31-16-15-30(28(35)36)18-22(31)17-20-9-3-1-4-10-20/h1-6,9-12,19,22-24,33H,7-8,13-18H2,(H,35,36)/t22-,23-,24-/m1/s1. The molecule has 1 aliphatic carbocycles. The Morgan fingerprint density at radius 2 is 1.64 bits per heavy atom. The van der Waals surface area contributed by atoms with Crippen molar-refractivity contribution in [3.8, 4) is 11.3 Å². The Balaban J connectivity index is 1.51. The smallest absolute Gasteiger partial charge is 0.407 e. The minimum absolute atomic E-state index is 0.132. The van der Waals surface area contributed by atoms with Gasteiger partial charge in [0, 0.05) is 25.2 Å². The van der Waals surface area contributed by atoms with Crippen molar-refractivity contribution in [3.05, 3.63) is 78.2 Å². The number of imidazole rings is 1. The van der Waals surface area contributed by atoms with Crippen LogP contribution in [0.3, 0.4) is 0 Å². The fraction of sp³-hybridized carbons (Fsp3) is 0.393. The van der Waals surface area contributed by atoms with E-state index in [1.165, 1.54) is 4.90 Å². The van der Waals surface area contributed by atoms with E-state index < -0.39 is 12.2 Å². The fourth-order valence-electron chi connectivity index (χ4n) is 5.56. The number of aliphatic hydroxyl groups is 1. The highest BCUT2D eigenvalue weighted by atomic mass is 16.4. The molecule has 5 rings (SSSR count). The van der Waals surface area contributed by atoms with Crippen LogP contribution < -0.4 is 0 Å². The Kier molecular flexibility index (Phi) is 7.04. The summed E-state index contributed by atoms with van der Waals surface area (Å²) in [6.45, 7) is 0.809. The summed E-state index contributed by atoms with van der Waals surface area (Å²) in [6.07, 6.45) is 4.37. The number of carbonyl (C=O) groups is 2. The van der Waals surface area contributed by atoms with Crippen molar-refractivity contribution in [2.75, 3.05) is 19.6 Å². The summed E-state index contributed by atoms with van der Waals surface area (Å²) in [7, 11) is 0. The van der Waals surface area contributed by atoms with Gasteiger partial charge in [0.2, 0.25) is 0 Å². The average Bonchev–Trinajstić information content (AvgIpc) is 3.34. The number of hydrogen-bond acceptors (Lipinski definition) is 4. The van der Waals surface area contributed by atoms with Gasteiger partial charge in [0.05, 0.1) is 30.2 Å². The van der Waals surface area contributed by atoms with Gasteiger partial charge in [-0.3, -0.25) is 4.79 Å². The normalized spacial score (nSPS) is 22.4. The first kappa shape index (κ1) is 24.1. The van der Waals surface area contributed by atoms with Crippen molar-refractivity contribution in [1.82, 2.24) is 19.4 Å². The maximum absolute atomic E-state index is 14.1. The molecule has 0 unspecified atom stereocenters. The van der Waals surface area contributed by atoms with Crippen LogP contribution in [-0.4, -0.2) is 73.3 Å². The van der Waals surface area contributed by atoms with Gasteiger partial charge in [-0.15, -0.1) is 0 Å². The minimum atomic E-state index is -0.972. The molecule has 0 spiro atoms. The molecule has 3 aromatic rings. The van der Waals surface area contributed by atoms with E-state index in [9.17, 15) is 19.8 Å². The van der Waals surface area contributed by atoms with Gasteiger partial charge in [-0.05, 0) is 24.8 Å². The monoisotopic (exact) mass is 488 g/mol. The Morgan fingerprint density at radius 1 is 0.944 bits per heavy atom. The summed E-state index contributed by atoms with van der Waals surface area (Å²) in [5.41, 5.74) is 2.98. The summed E-state index contributed by atoms with van der Waals surface area (Å²) in [6, 6.07) is 19.1. The molecule has 1 aromatic heterocycles. The van der Waals surface area contributed by atoms with Crippen LogP contribution in [0.25, 0.3) is 11.3 Å². The Labute approximate surface area is 210 Å². The van der Waals surface area contributed by atoms with Crippen LogP contribution in [-0.2, 0) is 6.42 Å². The lowest BCUT2D eigenvalue weighted by molar-refractivity contribution is 0.0446. The van der Waals surface area contributed by atoms with Crippen molar-refractivity contribution in [2.24, 2.45) is 0 Å². The lowest BCUT2D eigenvalue weighted by Gasteiger charge is -2.40. The molecule has 1 saturated heterocycles. The van der Waals surface area contributed by atoms with Gasteiger partial charge in [-0.1, -0.05) is 73.5 Å². The van der Waals surface area contributed by atoms with Crippen molar-refractivity contribution in [3.63, 3.8) is 0 Å². The van der Waals surface area contributed by atoms with Crippen LogP contribution in [0, 0.1) is 0 Å². The summed E-state index contributed by atoms with van der Waals surface area (Å²) >= 11 is 0. The lowest BCUT2D eigenvalue weighted by Crippen LogP contribution is -2.57. The van der Waals surface area contributed by atoms with E-state index in [1.54, 1.807) is 11.2 Å². The van der Waals surface area contributed by atoms with Crippen LogP contribution in [0.1, 0.15) is 47.8 Å². The van der Waals surface area contributed by atoms with E-state index >= 15 is 0 Å². The zero-order valence-corrected chi connectivity index (χ0v) is 20.2. The predicted octanol–water partition coefficient (Wildman–Crippen LogP) is 4.07. The minimum Gasteiger partial charge on any atom is -0.465 e. The van der Waals surface area contributed by atoms with Crippen LogP contribution in [0.5, 0.6) is 0 Å². The van der Waals surface area contributed by atoms with Crippen molar-refractivity contribution >= 4 is 12.0 Å². The van der Waals surface area contributed by atoms with Crippen molar-refractivity contribution in [2.45, 2.75) is 50.3 Å². The molecule has 2 amide bonds. The molecule has 2 aliphatic rings. The Hall–Kier alpha value is -3.65. The molecular weight excluding hydrogens is 456 g/mol. The summed E-state index contributed by atoms with van der Waals surface area (Å²) < 4.78 is 1.98. The van der Waals surface area contributed by atoms with Gasteiger partial charge >= 0.3 is 6.09 Å². The molecule has 1 saturated carbocycles. The molecule has 8 heteroatoms. The fourth-order valence-corrected chi connectivity index (χ4v) is 5.56. The lowest BCUT2D eigenvalue weighted by atomic mass is 9.92. The number of carbonyl (C=O) groups excluding carboxylic acids is 1. The number of nitrogens with zero attached hydrogens (tertiary/aromatic N) is 4. The topological polar surface area (TPSA) is 98.9 Å². The molecular formula is C28H32N4O4. The predicted molar refractivity (Wildman–Crippen MR) is 136 cm³/mol. The third-order valence-corrected chi connectivity index (χ3v) is 7.42. The van der Waals surface area contributed by atoms with Gasteiger partial charge in [0.25, 0.3) is 5.91 Å². The van der Waals surface area contributed by atoms with Gasteiger partial charge in [-0.25, -0.2) is 9.78 Å². The zero-order chi connectivity index (χ0) is 25.1. The molecule has 2 fully saturated rings. The van der Waals surface area contributed by atoms with Crippen molar-refractivity contribution in [1.29, 1.82) is 0 Å². The largest absolute Gasteiger partial charge is 0.465 e. The first-order valence-corrected chi connectivity index (χ1v) is 12.7.